The monoisotopic (exact) mass is 288 g/mol. The number of benzene rings is 1. The maximum Gasteiger partial charge on any atom is 0.253 e. The highest BCUT2D eigenvalue weighted by Crippen LogP contribution is 2.28. The fraction of sp³-hybridized carbons (Fsp3) is 0.588. The summed E-state index contributed by atoms with van der Waals surface area (Å²) < 4.78 is 5.60. The topological polar surface area (TPSA) is 41.6 Å². The highest BCUT2D eigenvalue weighted by molar-refractivity contribution is 5.94. The van der Waals surface area contributed by atoms with Crippen LogP contribution in [0.25, 0.3) is 0 Å². The van der Waals surface area contributed by atoms with Crippen molar-refractivity contribution in [1.82, 2.24) is 4.90 Å². The second kappa shape index (κ2) is 6.48. The zero-order valence-corrected chi connectivity index (χ0v) is 12.7. The molecule has 3 rings (SSSR count). The van der Waals surface area contributed by atoms with Crippen LogP contribution in [0.4, 0.5) is 5.69 Å². The van der Waals surface area contributed by atoms with E-state index < -0.39 is 0 Å². The van der Waals surface area contributed by atoms with Gasteiger partial charge in [-0.1, -0.05) is 0 Å². The van der Waals surface area contributed by atoms with E-state index in [1.807, 2.05) is 25.2 Å². The van der Waals surface area contributed by atoms with Crippen molar-refractivity contribution in [2.75, 3.05) is 38.7 Å². The van der Waals surface area contributed by atoms with Crippen molar-refractivity contribution in [1.29, 1.82) is 0 Å². The molecule has 1 aliphatic heterocycles. The highest BCUT2D eigenvalue weighted by Gasteiger charge is 2.21. The Balaban J connectivity index is 1.53. The van der Waals surface area contributed by atoms with Crippen LogP contribution in [0.15, 0.2) is 18.2 Å². The lowest BCUT2D eigenvalue weighted by atomic mass is 10.0. The SMILES string of the molecule is CN(CCOCC1CC1)C(=O)c1ccc2c(c1)CCCN2. The van der Waals surface area contributed by atoms with Crippen molar-refractivity contribution < 1.29 is 9.53 Å². The molecule has 2 aliphatic rings. The van der Waals surface area contributed by atoms with E-state index in [-0.39, 0.29) is 5.91 Å². The second-order valence-corrected chi connectivity index (χ2v) is 6.15. The molecule has 114 valence electrons. The van der Waals surface area contributed by atoms with E-state index >= 15 is 0 Å². The van der Waals surface area contributed by atoms with Crippen LogP contribution in [0.1, 0.15) is 35.2 Å². The largest absolute Gasteiger partial charge is 0.385 e. The van der Waals surface area contributed by atoms with Gasteiger partial charge in [-0.25, -0.2) is 0 Å². The van der Waals surface area contributed by atoms with E-state index in [1.165, 1.54) is 24.1 Å². The zero-order chi connectivity index (χ0) is 14.7. The number of carbonyl (C=O) groups excluding carboxylic acids is 1. The maximum absolute atomic E-state index is 12.4. The van der Waals surface area contributed by atoms with Crippen LogP contribution in [0.3, 0.4) is 0 Å². The molecule has 0 radical (unpaired) electrons. The third-order valence-corrected chi connectivity index (χ3v) is 4.26. The number of ether oxygens (including phenoxy) is 1. The van der Waals surface area contributed by atoms with E-state index in [1.54, 1.807) is 4.90 Å². The Hall–Kier alpha value is -1.55. The first-order chi connectivity index (χ1) is 10.2. The van der Waals surface area contributed by atoms with Crippen molar-refractivity contribution in [3.63, 3.8) is 0 Å². The molecule has 4 nitrogen and oxygen atoms in total. The molecular formula is C17H24N2O2. The van der Waals surface area contributed by atoms with Gasteiger partial charge in [-0.15, -0.1) is 0 Å². The van der Waals surface area contributed by atoms with Crippen LogP contribution in [0.5, 0.6) is 0 Å². The maximum atomic E-state index is 12.4. The lowest BCUT2D eigenvalue weighted by Gasteiger charge is -2.21. The summed E-state index contributed by atoms with van der Waals surface area (Å²) in [4.78, 5) is 14.2. The molecule has 1 amide bonds. The number of fused-ring (bicyclic) bond motifs is 1. The molecule has 1 fully saturated rings. The van der Waals surface area contributed by atoms with Crippen LogP contribution in [0.2, 0.25) is 0 Å². The molecule has 1 heterocycles. The molecule has 0 atom stereocenters. The smallest absolute Gasteiger partial charge is 0.253 e. The number of amides is 1. The minimum absolute atomic E-state index is 0.0818. The second-order valence-electron chi connectivity index (χ2n) is 6.15. The quantitative estimate of drug-likeness (QED) is 0.818. The van der Waals surface area contributed by atoms with Crippen LogP contribution in [-0.2, 0) is 11.2 Å². The number of nitrogens with one attached hydrogen (secondary N) is 1. The van der Waals surface area contributed by atoms with Crippen LogP contribution < -0.4 is 5.32 Å². The van der Waals surface area contributed by atoms with Crippen molar-refractivity contribution in [3.05, 3.63) is 29.3 Å². The fourth-order valence-corrected chi connectivity index (χ4v) is 2.67. The predicted octanol–water partition coefficient (Wildman–Crippen LogP) is 2.54. The third kappa shape index (κ3) is 3.76. The van der Waals surface area contributed by atoms with E-state index in [0.717, 1.165) is 37.5 Å². The van der Waals surface area contributed by atoms with Gasteiger partial charge < -0.3 is 15.0 Å². The van der Waals surface area contributed by atoms with E-state index in [0.29, 0.717) is 13.2 Å². The van der Waals surface area contributed by atoms with Gasteiger partial charge in [0.05, 0.1) is 6.61 Å². The molecule has 1 aromatic carbocycles. The summed E-state index contributed by atoms with van der Waals surface area (Å²) in [6, 6.07) is 5.98. The number of rotatable bonds is 6. The standard InChI is InChI=1S/C17H24N2O2/c1-19(9-10-21-12-13-4-5-13)17(20)15-6-7-16-14(11-15)3-2-8-18-16/h6-7,11,13,18H,2-5,8-10,12H2,1H3. The molecule has 1 N–H and O–H groups in total. The molecule has 4 heteroatoms. The molecule has 0 unspecified atom stereocenters. The molecule has 1 aliphatic carbocycles. The van der Waals surface area contributed by atoms with Crippen LogP contribution in [0, 0.1) is 5.92 Å². The number of aryl methyl sites for hydroxylation is 1. The van der Waals surface area contributed by atoms with E-state index in [4.69, 9.17) is 4.74 Å². The molecule has 0 aromatic heterocycles. The minimum atomic E-state index is 0.0818. The predicted molar refractivity (Wildman–Crippen MR) is 83.8 cm³/mol. The molecule has 0 spiro atoms. The van der Waals surface area contributed by atoms with Gasteiger partial charge in [0.15, 0.2) is 0 Å². The third-order valence-electron chi connectivity index (χ3n) is 4.26. The van der Waals surface area contributed by atoms with Crippen molar-refractivity contribution in [3.8, 4) is 0 Å². The summed E-state index contributed by atoms with van der Waals surface area (Å²) in [7, 11) is 1.85. The molecule has 1 saturated carbocycles. The van der Waals surface area contributed by atoms with Gasteiger partial charge in [-0.2, -0.15) is 0 Å². The Morgan fingerprint density at radius 3 is 3.10 bits per heavy atom. The lowest BCUT2D eigenvalue weighted by molar-refractivity contribution is 0.0681. The first-order valence-corrected chi connectivity index (χ1v) is 7.94. The van der Waals surface area contributed by atoms with E-state index in [2.05, 4.69) is 5.32 Å². The average Bonchev–Trinajstić information content (AvgIpc) is 3.34. The Morgan fingerprint density at radius 2 is 2.29 bits per heavy atom. The number of carbonyl (C=O) groups is 1. The van der Waals surface area contributed by atoms with Crippen molar-refractivity contribution in [2.24, 2.45) is 5.92 Å². The van der Waals surface area contributed by atoms with Gasteiger partial charge in [0, 0.05) is 38.0 Å². The Morgan fingerprint density at radius 1 is 1.43 bits per heavy atom. The summed E-state index contributed by atoms with van der Waals surface area (Å²) in [5.74, 6) is 0.859. The van der Waals surface area contributed by atoms with Gasteiger partial charge in [0.1, 0.15) is 0 Å². The normalized spacial score (nSPS) is 17.0. The Labute approximate surface area is 126 Å². The minimum Gasteiger partial charge on any atom is -0.385 e. The zero-order valence-electron chi connectivity index (χ0n) is 12.7. The summed E-state index contributed by atoms with van der Waals surface area (Å²) in [5, 5.41) is 3.37. The summed E-state index contributed by atoms with van der Waals surface area (Å²) >= 11 is 0. The summed E-state index contributed by atoms with van der Waals surface area (Å²) in [6.07, 6.45) is 4.79. The molecule has 0 saturated heterocycles. The number of anilines is 1. The molecule has 0 bridgehead atoms. The molecule has 21 heavy (non-hydrogen) atoms. The van der Waals surface area contributed by atoms with Crippen molar-refractivity contribution >= 4 is 11.6 Å². The number of nitrogens with zero attached hydrogens (tertiary/aromatic N) is 1. The molecule has 1 aromatic rings. The van der Waals surface area contributed by atoms with Gasteiger partial charge in [-0.3, -0.25) is 4.79 Å². The summed E-state index contributed by atoms with van der Waals surface area (Å²) in [6.45, 7) is 3.16. The molecular weight excluding hydrogens is 264 g/mol. The number of hydrogen-bond donors (Lipinski definition) is 1. The van der Waals surface area contributed by atoms with Gasteiger partial charge in [0.2, 0.25) is 0 Å². The number of likely N-dealkylation sites (N-methyl/N-ethyl adjacent to an activating group) is 1. The highest BCUT2D eigenvalue weighted by atomic mass is 16.5. The van der Waals surface area contributed by atoms with Crippen LogP contribution >= 0.6 is 0 Å². The lowest BCUT2D eigenvalue weighted by Crippen LogP contribution is -2.30. The summed E-state index contributed by atoms with van der Waals surface area (Å²) in [5.41, 5.74) is 3.21. The van der Waals surface area contributed by atoms with Crippen molar-refractivity contribution in [2.45, 2.75) is 25.7 Å². The van der Waals surface area contributed by atoms with Gasteiger partial charge in [0.25, 0.3) is 5.91 Å². The van der Waals surface area contributed by atoms with Crippen LogP contribution in [-0.4, -0.2) is 44.2 Å². The first-order valence-electron chi connectivity index (χ1n) is 7.94. The first kappa shape index (κ1) is 14.4. The Kier molecular flexibility index (Phi) is 4.44. The Bertz CT molecular complexity index is 512. The number of hydrogen-bond acceptors (Lipinski definition) is 3. The van der Waals surface area contributed by atoms with Gasteiger partial charge >= 0.3 is 0 Å². The van der Waals surface area contributed by atoms with E-state index in [9.17, 15) is 4.79 Å². The average molecular weight is 288 g/mol. The van der Waals surface area contributed by atoms with Gasteiger partial charge in [-0.05, 0) is 55.4 Å². The fourth-order valence-electron chi connectivity index (χ4n) is 2.67.